The minimum absolute atomic E-state index is 0.118. The van der Waals surface area contributed by atoms with Crippen molar-refractivity contribution in [3.63, 3.8) is 0 Å². The highest BCUT2D eigenvalue weighted by atomic mass is 33.1. The average molecular weight is 326 g/mol. The molecule has 1 aliphatic rings. The van der Waals surface area contributed by atoms with Crippen molar-refractivity contribution in [3.05, 3.63) is 0 Å². The number of nitrogens with two attached hydrogens (primary N) is 2. The standard InChI is InChI=1S/C8H10N2O8S2/c9-3-1-19-20-2-4(10)6(12)16-18-8(14)7(13)17-15-5(3)11/h3-4H,1-2,9-10H2. The molecule has 4 N–H and O–H groups in total. The molecule has 1 fully saturated rings. The molecule has 0 spiro atoms. The number of hydrogen-bond acceptors (Lipinski definition) is 12. The monoisotopic (exact) mass is 326 g/mol. The van der Waals surface area contributed by atoms with E-state index in [4.69, 9.17) is 11.5 Å². The molecule has 1 heterocycles. The zero-order valence-electron chi connectivity index (χ0n) is 9.81. The predicted octanol–water partition coefficient (Wildman–Crippen LogP) is -1.96. The smallest absolute Gasteiger partial charge is 0.318 e. The van der Waals surface area contributed by atoms with Crippen LogP contribution in [0.1, 0.15) is 0 Å². The van der Waals surface area contributed by atoms with Gasteiger partial charge in [0.25, 0.3) is 0 Å². The summed E-state index contributed by atoms with van der Waals surface area (Å²) in [6.07, 6.45) is 0. The number of hydrogen-bond donors (Lipinski definition) is 2. The van der Waals surface area contributed by atoms with Gasteiger partial charge in [-0.05, 0) is 0 Å². The van der Waals surface area contributed by atoms with Crippen molar-refractivity contribution in [2.24, 2.45) is 11.5 Å². The Kier molecular flexibility index (Phi) is 6.57. The van der Waals surface area contributed by atoms with Crippen molar-refractivity contribution in [3.8, 4) is 0 Å². The highest BCUT2D eigenvalue weighted by Crippen LogP contribution is 2.22. The summed E-state index contributed by atoms with van der Waals surface area (Å²) in [5.74, 6) is -5.23. The molecule has 112 valence electrons. The summed E-state index contributed by atoms with van der Waals surface area (Å²) >= 11 is 0. The second-order valence-electron chi connectivity index (χ2n) is 3.33. The lowest BCUT2D eigenvalue weighted by molar-refractivity contribution is -0.279. The molecule has 20 heavy (non-hydrogen) atoms. The second kappa shape index (κ2) is 7.94. The minimum Gasteiger partial charge on any atom is -0.318 e. The van der Waals surface area contributed by atoms with Crippen molar-refractivity contribution < 1.29 is 38.7 Å². The van der Waals surface area contributed by atoms with E-state index in [9.17, 15) is 19.2 Å². The van der Waals surface area contributed by atoms with Crippen LogP contribution in [0, 0.1) is 0 Å². The first kappa shape index (κ1) is 16.6. The highest BCUT2D eigenvalue weighted by molar-refractivity contribution is 8.76. The van der Waals surface area contributed by atoms with Crippen molar-refractivity contribution in [2.45, 2.75) is 12.1 Å². The largest absolute Gasteiger partial charge is 0.467 e. The minimum atomic E-state index is -1.69. The lowest BCUT2D eigenvalue weighted by Gasteiger charge is -2.12. The van der Waals surface area contributed by atoms with Gasteiger partial charge in [0.15, 0.2) is 0 Å². The van der Waals surface area contributed by atoms with Gasteiger partial charge in [-0.3, -0.25) is 0 Å². The maximum absolute atomic E-state index is 11.2. The molecule has 0 amide bonds. The average Bonchev–Trinajstić information content (AvgIpc) is 2.44. The number of carbonyl (C=O) groups excluding carboxylic acids is 4. The Morgan fingerprint density at radius 1 is 0.750 bits per heavy atom. The Balaban J connectivity index is 2.66. The summed E-state index contributed by atoms with van der Waals surface area (Å²) in [4.78, 5) is 60.2. The molecule has 0 bridgehead atoms. The van der Waals surface area contributed by atoms with Gasteiger partial charge < -0.3 is 11.5 Å². The molecule has 0 aromatic carbocycles. The van der Waals surface area contributed by atoms with Crippen LogP contribution >= 0.6 is 21.6 Å². The van der Waals surface area contributed by atoms with Gasteiger partial charge in [-0.1, -0.05) is 21.6 Å². The summed E-state index contributed by atoms with van der Waals surface area (Å²) < 4.78 is 0. The van der Waals surface area contributed by atoms with E-state index in [1.807, 2.05) is 0 Å². The van der Waals surface area contributed by atoms with Crippen molar-refractivity contribution in [2.75, 3.05) is 11.5 Å². The van der Waals surface area contributed by atoms with Crippen LogP contribution in [-0.4, -0.2) is 47.5 Å². The van der Waals surface area contributed by atoms with Crippen LogP contribution < -0.4 is 11.5 Å². The summed E-state index contributed by atoms with van der Waals surface area (Å²) in [5, 5.41) is 0. The lowest BCUT2D eigenvalue weighted by Crippen LogP contribution is -2.38. The number of rotatable bonds is 0. The summed E-state index contributed by atoms with van der Waals surface area (Å²) in [6, 6.07) is -2.16. The number of carbonyl (C=O) groups is 4. The van der Waals surface area contributed by atoms with E-state index in [2.05, 4.69) is 19.6 Å². The maximum atomic E-state index is 11.2. The Bertz CT molecular complexity index is 379. The first-order valence-corrected chi connectivity index (χ1v) is 7.51. The van der Waals surface area contributed by atoms with Gasteiger partial charge >= 0.3 is 23.9 Å². The molecule has 2 atom stereocenters. The van der Waals surface area contributed by atoms with Crippen LogP contribution in [0.3, 0.4) is 0 Å². The molecule has 1 rings (SSSR count). The molecule has 0 saturated carbocycles. The first-order chi connectivity index (χ1) is 9.41. The molecule has 2 unspecified atom stereocenters. The van der Waals surface area contributed by atoms with Crippen molar-refractivity contribution in [1.29, 1.82) is 0 Å². The van der Waals surface area contributed by atoms with E-state index in [1.54, 1.807) is 0 Å². The van der Waals surface area contributed by atoms with Gasteiger partial charge in [0.05, 0.1) is 0 Å². The van der Waals surface area contributed by atoms with Gasteiger partial charge in [0.2, 0.25) is 0 Å². The van der Waals surface area contributed by atoms with Gasteiger partial charge in [-0.2, -0.15) is 0 Å². The molecule has 0 aliphatic carbocycles. The third-order valence-electron chi connectivity index (χ3n) is 1.75. The molecule has 0 radical (unpaired) electrons. The SMILES string of the molecule is NC1CSSCC(N)C(=O)OOC(=O)C(=O)OOC1=O. The molecule has 0 aromatic rings. The van der Waals surface area contributed by atoms with Crippen LogP contribution in [0.25, 0.3) is 0 Å². The van der Waals surface area contributed by atoms with E-state index in [-0.39, 0.29) is 11.5 Å². The normalized spacial score (nSPS) is 26.7. The van der Waals surface area contributed by atoms with Crippen LogP contribution in [0.2, 0.25) is 0 Å². The molecule has 10 nitrogen and oxygen atoms in total. The van der Waals surface area contributed by atoms with E-state index in [0.29, 0.717) is 0 Å². The van der Waals surface area contributed by atoms with Crippen molar-refractivity contribution in [1.82, 2.24) is 0 Å². The predicted molar refractivity (Wildman–Crippen MR) is 65.2 cm³/mol. The molecular weight excluding hydrogens is 316 g/mol. The lowest BCUT2D eigenvalue weighted by atomic mass is 10.4. The molecule has 12 heteroatoms. The van der Waals surface area contributed by atoms with E-state index in [0.717, 1.165) is 21.6 Å². The fraction of sp³-hybridized carbons (Fsp3) is 0.500. The Morgan fingerprint density at radius 3 is 1.45 bits per heavy atom. The molecule has 0 aromatic heterocycles. The zero-order valence-corrected chi connectivity index (χ0v) is 11.4. The molecular formula is C8H10N2O8S2. The second-order valence-corrected chi connectivity index (χ2v) is 5.88. The van der Waals surface area contributed by atoms with Crippen LogP contribution in [0.4, 0.5) is 0 Å². The Hall–Kier alpha value is -1.50. The summed E-state index contributed by atoms with van der Waals surface area (Å²) in [5.41, 5.74) is 10.9. The third-order valence-corrected chi connectivity index (χ3v) is 4.22. The Labute approximate surface area is 120 Å². The highest BCUT2D eigenvalue weighted by Gasteiger charge is 2.28. The van der Waals surface area contributed by atoms with Crippen LogP contribution in [-0.2, 0) is 38.7 Å². The summed E-state index contributed by atoms with van der Waals surface area (Å²) in [7, 11) is 2.31. The van der Waals surface area contributed by atoms with Gasteiger partial charge in [-0.25, -0.2) is 38.7 Å². The molecule has 1 aliphatic heterocycles. The van der Waals surface area contributed by atoms with Gasteiger partial charge in [0, 0.05) is 11.5 Å². The van der Waals surface area contributed by atoms with Gasteiger partial charge in [0.1, 0.15) is 12.1 Å². The quantitative estimate of drug-likeness (QED) is 0.288. The fourth-order valence-corrected chi connectivity index (χ4v) is 2.94. The third kappa shape index (κ3) is 5.24. The van der Waals surface area contributed by atoms with Crippen LogP contribution in [0.15, 0.2) is 0 Å². The van der Waals surface area contributed by atoms with E-state index >= 15 is 0 Å². The van der Waals surface area contributed by atoms with Crippen molar-refractivity contribution >= 4 is 45.5 Å². The molecule has 1 saturated heterocycles. The zero-order chi connectivity index (χ0) is 15.1. The van der Waals surface area contributed by atoms with Gasteiger partial charge in [-0.15, -0.1) is 0 Å². The van der Waals surface area contributed by atoms with E-state index in [1.165, 1.54) is 0 Å². The topological polar surface area (TPSA) is 157 Å². The summed E-state index contributed by atoms with van der Waals surface area (Å²) in [6.45, 7) is 0. The van der Waals surface area contributed by atoms with E-state index < -0.39 is 36.0 Å². The van der Waals surface area contributed by atoms with Crippen LogP contribution in [0.5, 0.6) is 0 Å². The first-order valence-electron chi connectivity index (χ1n) is 5.02. The maximum Gasteiger partial charge on any atom is 0.467 e. The Morgan fingerprint density at radius 2 is 1.10 bits per heavy atom. The fourth-order valence-electron chi connectivity index (χ4n) is 0.728.